The van der Waals surface area contributed by atoms with E-state index < -0.39 is 17.0 Å². The standard InChI is InChI=1S/C10H15.C4H8O.2ClH.Ti/c1-6-7(2)9(4)10(5)8(6)3;1-2-4-5-3-1;;;/h1-5H3;1-4H2;2*1H;/q;;;;+2/p-2. The summed E-state index contributed by atoms with van der Waals surface area (Å²) in [5.41, 5.74) is 5.87. The maximum absolute atomic E-state index is 4.94. The SMILES string of the molecule is C1CCOC1.C[C]1C(C)=C(C)C(C)=C1C.[Cl][Ti][Cl]. The molecule has 103 valence electrons. The Labute approximate surface area is 129 Å². The minimum absolute atomic E-state index is 0.556. The van der Waals surface area contributed by atoms with Gasteiger partial charge in [0.1, 0.15) is 0 Å². The molecule has 0 saturated carbocycles. The Balaban J connectivity index is 0.000000301. The van der Waals surface area contributed by atoms with Crippen LogP contribution in [0, 0.1) is 5.92 Å². The summed E-state index contributed by atoms with van der Waals surface area (Å²) in [4.78, 5) is 0. The van der Waals surface area contributed by atoms with Crippen molar-refractivity contribution in [1.82, 2.24) is 0 Å². The van der Waals surface area contributed by atoms with E-state index in [0.29, 0.717) is 0 Å². The molecule has 1 radical (unpaired) electrons. The summed E-state index contributed by atoms with van der Waals surface area (Å²) < 4.78 is 4.94. The summed E-state index contributed by atoms with van der Waals surface area (Å²) in [6.07, 6.45) is 2.56. The van der Waals surface area contributed by atoms with Crippen molar-refractivity contribution in [2.45, 2.75) is 47.5 Å². The molecule has 0 aromatic carbocycles. The van der Waals surface area contributed by atoms with Crippen LogP contribution < -0.4 is 0 Å². The number of ether oxygens (including phenoxy) is 1. The first-order valence-corrected chi connectivity index (χ1v) is 10.5. The van der Waals surface area contributed by atoms with Crippen LogP contribution in [-0.2, 0) is 21.8 Å². The van der Waals surface area contributed by atoms with Gasteiger partial charge in [0.25, 0.3) is 0 Å². The Bertz CT molecular complexity index is 275. The molecule has 2 aliphatic rings. The van der Waals surface area contributed by atoms with Gasteiger partial charge in [-0.05, 0) is 51.7 Å². The van der Waals surface area contributed by atoms with Crippen molar-refractivity contribution < 1.29 is 21.8 Å². The monoisotopic (exact) mass is 325 g/mol. The molecule has 0 unspecified atom stereocenters. The third-order valence-corrected chi connectivity index (χ3v) is 3.64. The van der Waals surface area contributed by atoms with Crippen molar-refractivity contribution >= 4 is 18.6 Å². The average Bonchev–Trinajstić information content (AvgIpc) is 2.98. The first kappa shape index (κ1) is 18.7. The second-order valence-corrected chi connectivity index (χ2v) is 7.10. The zero-order valence-electron chi connectivity index (χ0n) is 12.0. The molecule has 0 bridgehead atoms. The second-order valence-electron chi connectivity index (χ2n) is 4.52. The molecule has 1 aliphatic carbocycles. The van der Waals surface area contributed by atoms with E-state index in [1.54, 1.807) is 0 Å². The molecule has 18 heavy (non-hydrogen) atoms. The van der Waals surface area contributed by atoms with E-state index in [0.717, 1.165) is 13.2 Å². The van der Waals surface area contributed by atoms with Crippen LogP contribution in [0.25, 0.3) is 0 Å². The molecule has 0 amide bonds. The van der Waals surface area contributed by atoms with Crippen molar-refractivity contribution in [3.63, 3.8) is 0 Å². The molecule has 0 spiro atoms. The molecule has 1 saturated heterocycles. The van der Waals surface area contributed by atoms with Gasteiger partial charge in [0, 0.05) is 19.1 Å². The number of allylic oxidation sites excluding steroid dienone is 4. The topological polar surface area (TPSA) is 9.23 Å². The van der Waals surface area contributed by atoms with Crippen LogP contribution in [0.4, 0.5) is 0 Å². The van der Waals surface area contributed by atoms with E-state index in [9.17, 15) is 0 Å². The summed E-state index contributed by atoms with van der Waals surface area (Å²) in [5.74, 6) is 1.47. The Morgan fingerprint density at radius 1 is 0.778 bits per heavy atom. The van der Waals surface area contributed by atoms with Crippen LogP contribution in [0.15, 0.2) is 22.3 Å². The third-order valence-electron chi connectivity index (χ3n) is 3.64. The summed E-state index contributed by atoms with van der Waals surface area (Å²) in [7, 11) is 9.78. The molecule has 0 atom stereocenters. The second kappa shape index (κ2) is 10.5. The van der Waals surface area contributed by atoms with Crippen LogP contribution in [-0.4, -0.2) is 13.2 Å². The van der Waals surface area contributed by atoms with Gasteiger partial charge in [-0.25, -0.2) is 0 Å². The molecular weight excluding hydrogens is 303 g/mol. The Hall–Kier alpha value is 0.734. The number of halogens is 2. The van der Waals surface area contributed by atoms with Gasteiger partial charge in [-0.15, -0.1) is 0 Å². The first-order chi connectivity index (χ1) is 8.47. The quantitative estimate of drug-likeness (QED) is 0.539. The first-order valence-electron chi connectivity index (χ1n) is 6.21. The van der Waals surface area contributed by atoms with Crippen molar-refractivity contribution in [3.8, 4) is 0 Å². The summed E-state index contributed by atoms with van der Waals surface area (Å²) >= 11 is -0.556. The van der Waals surface area contributed by atoms with E-state index in [2.05, 4.69) is 34.6 Å². The van der Waals surface area contributed by atoms with Gasteiger partial charge in [-0.2, -0.15) is 0 Å². The molecular formula is C14H23Cl2OTi. The van der Waals surface area contributed by atoms with Crippen molar-refractivity contribution in [1.29, 1.82) is 0 Å². The Kier molecular flexibility index (Phi) is 10.9. The van der Waals surface area contributed by atoms with Crippen LogP contribution in [0.5, 0.6) is 0 Å². The van der Waals surface area contributed by atoms with E-state index in [4.69, 9.17) is 23.3 Å². The number of hydrogen-bond donors (Lipinski definition) is 0. The van der Waals surface area contributed by atoms with E-state index >= 15 is 0 Å². The van der Waals surface area contributed by atoms with E-state index in [1.807, 2.05) is 0 Å². The molecule has 1 aliphatic heterocycles. The zero-order valence-corrected chi connectivity index (χ0v) is 15.1. The minimum atomic E-state index is -0.556. The zero-order chi connectivity index (χ0) is 14.1. The van der Waals surface area contributed by atoms with Crippen molar-refractivity contribution in [2.24, 2.45) is 0 Å². The molecule has 1 nitrogen and oxygen atoms in total. The molecule has 1 heterocycles. The van der Waals surface area contributed by atoms with Crippen LogP contribution in [0.3, 0.4) is 0 Å². The number of rotatable bonds is 0. The van der Waals surface area contributed by atoms with Crippen molar-refractivity contribution in [3.05, 3.63) is 28.2 Å². The maximum atomic E-state index is 4.94. The average molecular weight is 326 g/mol. The van der Waals surface area contributed by atoms with Crippen LogP contribution in [0.1, 0.15) is 47.5 Å². The third kappa shape index (κ3) is 6.26. The fourth-order valence-electron chi connectivity index (χ4n) is 1.92. The molecule has 0 aromatic heterocycles. The van der Waals surface area contributed by atoms with Gasteiger partial charge in [0.05, 0.1) is 0 Å². The van der Waals surface area contributed by atoms with Crippen LogP contribution in [0.2, 0.25) is 0 Å². The number of hydrogen-bond acceptors (Lipinski definition) is 1. The molecule has 0 aromatic rings. The van der Waals surface area contributed by atoms with Gasteiger partial charge in [0.2, 0.25) is 0 Å². The summed E-state index contributed by atoms with van der Waals surface area (Å²) in [6, 6.07) is 0. The summed E-state index contributed by atoms with van der Waals surface area (Å²) in [5, 5.41) is 0. The van der Waals surface area contributed by atoms with Gasteiger partial charge < -0.3 is 4.74 Å². The fraction of sp³-hybridized carbons (Fsp3) is 0.643. The molecule has 0 N–H and O–H groups in total. The summed E-state index contributed by atoms with van der Waals surface area (Å²) in [6.45, 7) is 13.0. The molecule has 1 fully saturated rings. The predicted molar refractivity (Wildman–Crippen MR) is 77.4 cm³/mol. The molecule has 2 rings (SSSR count). The Morgan fingerprint density at radius 2 is 1.11 bits per heavy atom. The normalized spacial score (nSPS) is 19.3. The predicted octanol–water partition coefficient (Wildman–Crippen LogP) is 5.44. The van der Waals surface area contributed by atoms with Gasteiger partial charge in [-0.1, -0.05) is 18.1 Å². The van der Waals surface area contributed by atoms with E-state index in [1.165, 1.54) is 41.1 Å². The van der Waals surface area contributed by atoms with Gasteiger partial charge in [-0.3, -0.25) is 0 Å². The van der Waals surface area contributed by atoms with E-state index in [-0.39, 0.29) is 0 Å². The van der Waals surface area contributed by atoms with Gasteiger partial charge >= 0.3 is 35.6 Å². The van der Waals surface area contributed by atoms with Crippen molar-refractivity contribution in [2.75, 3.05) is 13.2 Å². The Morgan fingerprint density at radius 3 is 1.22 bits per heavy atom. The molecule has 4 heteroatoms. The fourth-order valence-corrected chi connectivity index (χ4v) is 1.92. The van der Waals surface area contributed by atoms with Gasteiger partial charge in [0.15, 0.2) is 0 Å². The van der Waals surface area contributed by atoms with Crippen LogP contribution >= 0.6 is 18.6 Å².